The minimum Gasteiger partial charge on any atom is -0.371 e. The molecule has 0 fully saturated rings. The monoisotopic (exact) mass is 291 g/mol. The first-order valence-corrected chi connectivity index (χ1v) is 7.94. The maximum Gasteiger partial charge on any atom is 0.248 e. The molecule has 1 aromatic heterocycles. The summed E-state index contributed by atoms with van der Waals surface area (Å²) in [6.07, 6.45) is 0.847. The molecule has 0 aliphatic rings. The molecule has 20 heavy (non-hydrogen) atoms. The summed E-state index contributed by atoms with van der Waals surface area (Å²) in [5, 5.41) is 3.39. The van der Waals surface area contributed by atoms with Crippen LogP contribution in [0.1, 0.15) is 19.4 Å². The Kier molecular flexibility index (Phi) is 5.56. The van der Waals surface area contributed by atoms with Gasteiger partial charge in [-0.25, -0.2) is 0 Å². The normalized spacial score (nSPS) is 10.9. The Balaban J connectivity index is 1.76. The van der Waals surface area contributed by atoms with Crippen LogP contribution in [0, 0.1) is 0 Å². The summed E-state index contributed by atoms with van der Waals surface area (Å²) >= 11 is 1.75. The molecule has 1 amide bonds. The molecule has 2 aromatic rings. The number of likely N-dealkylation sites (N-methyl/N-ethyl adjacent to an activating group) is 1. The third-order valence-corrected chi connectivity index (χ3v) is 4.28. The van der Waals surface area contributed by atoms with Crippen molar-refractivity contribution in [2.75, 3.05) is 26.3 Å². The molecule has 3 nitrogen and oxygen atoms in total. The van der Waals surface area contributed by atoms with Crippen LogP contribution in [0.2, 0.25) is 0 Å². The van der Waals surface area contributed by atoms with E-state index in [1.165, 1.54) is 15.6 Å². The second kappa shape index (κ2) is 7.41. The van der Waals surface area contributed by atoms with Crippen molar-refractivity contribution >= 4 is 27.3 Å². The molecule has 2 rings (SSSR count). The van der Waals surface area contributed by atoms with Crippen LogP contribution in [0.25, 0.3) is 10.1 Å². The topological polar surface area (TPSA) is 29.5 Å². The first-order valence-electron chi connectivity index (χ1n) is 7.06. The largest absolute Gasteiger partial charge is 0.371 e. The molecule has 0 saturated heterocycles. The molecular formula is C16H21NO2S. The first-order chi connectivity index (χ1) is 9.74. The lowest BCUT2D eigenvalue weighted by atomic mass is 10.1. The van der Waals surface area contributed by atoms with Gasteiger partial charge in [-0.05, 0) is 48.7 Å². The third-order valence-electron chi connectivity index (χ3n) is 3.40. The molecular weight excluding hydrogens is 270 g/mol. The Bertz CT molecular complexity index is 560. The van der Waals surface area contributed by atoms with Gasteiger partial charge in [0, 0.05) is 17.8 Å². The van der Waals surface area contributed by atoms with E-state index in [0.29, 0.717) is 6.61 Å². The van der Waals surface area contributed by atoms with E-state index in [1.54, 1.807) is 16.2 Å². The van der Waals surface area contributed by atoms with Gasteiger partial charge in [0.05, 0.1) is 6.61 Å². The molecule has 0 radical (unpaired) electrons. The van der Waals surface area contributed by atoms with Gasteiger partial charge in [0.25, 0.3) is 0 Å². The van der Waals surface area contributed by atoms with Gasteiger partial charge < -0.3 is 9.64 Å². The van der Waals surface area contributed by atoms with Crippen LogP contribution < -0.4 is 0 Å². The van der Waals surface area contributed by atoms with Crippen molar-refractivity contribution in [2.24, 2.45) is 0 Å². The van der Waals surface area contributed by atoms with Crippen molar-refractivity contribution in [1.82, 2.24) is 4.90 Å². The Labute approximate surface area is 124 Å². The van der Waals surface area contributed by atoms with Crippen LogP contribution in [0.3, 0.4) is 0 Å². The highest BCUT2D eigenvalue weighted by Gasteiger charge is 2.08. The van der Waals surface area contributed by atoms with Gasteiger partial charge in [-0.1, -0.05) is 12.1 Å². The molecule has 0 atom stereocenters. The van der Waals surface area contributed by atoms with Crippen molar-refractivity contribution in [1.29, 1.82) is 0 Å². The second-order valence-electron chi connectivity index (χ2n) is 4.66. The summed E-state index contributed by atoms with van der Waals surface area (Å²) in [5.41, 5.74) is 1.26. The molecule has 0 saturated carbocycles. The smallest absolute Gasteiger partial charge is 0.248 e. The van der Waals surface area contributed by atoms with Gasteiger partial charge in [-0.15, -0.1) is 11.3 Å². The lowest BCUT2D eigenvalue weighted by Gasteiger charge is -2.18. The maximum atomic E-state index is 11.8. The fraction of sp³-hybridized carbons (Fsp3) is 0.438. The molecule has 0 aliphatic carbocycles. The van der Waals surface area contributed by atoms with E-state index in [2.05, 4.69) is 29.6 Å². The van der Waals surface area contributed by atoms with Crippen molar-refractivity contribution in [2.45, 2.75) is 20.3 Å². The number of ether oxygens (including phenoxy) is 1. The van der Waals surface area contributed by atoms with Gasteiger partial charge in [-0.3, -0.25) is 4.79 Å². The Morgan fingerprint density at radius 3 is 2.80 bits per heavy atom. The number of carbonyl (C=O) groups excluding carboxylic acids is 1. The van der Waals surface area contributed by atoms with E-state index in [4.69, 9.17) is 4.74 Å². The zero-order valence-corrected chi connectivity index (χ0v) is 12.9. The van der Waals surface area contributed by atoms with E-state index in [-0.39, 0.29) is 12.5 Å². The lowest BCUT2D eigenvalue weighted by molar-refractivity contribution is -0.135. The van der Waals surface area contributed by atoms with Gasteiger partial charge in [0.15, 0.2) is 0 Å². The summed E-state index contributed by atoms with van der Waals surface area (Å²) in [7, 11) is 0. The van der Waals surface area contributed by atoms with Crippen molar-refractivity contribution < 1.29 is 9.53 Å². The molecule has 108 valence electrons. The molecule has 0 bridgehead atoms. The number of nitrogens with zero attached hydrogens (tertiary/aromatic N) is 1. The zero-order chi connectivity index (χ0) is 14.4. The van der Waals surface area contributed by atoms with E-state index in [0.717, 1.165) is 19.5 Å². The van der Waals surface area contributed by atoms with Crippen LogP contribution in [0.15, 0.2) is 29.6 Å². The molecule has 1 heterocycles. The van der Waals surface area contributed by atoms with Gasteiger partial charge >= 0.3 is 0 Å². The summed E-state index contributed by atoms with van der Waals surface area (Å²) in [4.78, 5) is 13.5. The third kappa shape index (κ3) is 3.81. The lowest BCUT2D eigenvalue weighted by Crippen LogP contribution is -2.33. The Morgan fingerprint density at radius 2 is 2.05 bits per heavy atom. The zero-order valence-electron chi connectivity index (χ0n) is 12.1. The summed E-state index contributed by atoms with van der Waals surface area (Å²) < 4.78 is 6.80. The van der Waals surface area contributed by atoms with Crippen LogP contribution in [0.4, 0.5) is 0 Å². The maximum absolute atomic E-state index is 11.8. The molecule has 1 aromatic carbocycles. The fourth-order valence-electron chi connectivity index (χ4n) is 2.17. The number of benzene rings is 1. The standard InChI is InChI=1S/C16H21NO2S/c1-3-17(4-2)16(18)12-19-9-7-13-5-6-14-8-10-20-15(14)11-13/h5-6,8,10-11H,3-4,7,9,12H2,1-2H3. The molecule has 0 unspecified atom stereocenters. The predicted octanol–water partition coefficient (Wildman–Crippen LogP) is 3.33. The molecule has 4 heteroatoms. The number of amides is 1. The van der Waals surface area contributed by atoms with E-state index < -0.39 is 0 Å². The average molecular weight is 291 g/mol. The highest BCUT2D eigenvalue weighted by Crippen LogP contribution is 2.21. The first kappa shape index (κ1) is 15.0. The van der Waals surface area contributed by atoms with Crippen LogP contribution in [-0.2, 0) is 16.0 Å². The van der Waals surface area contributed by atoms with Crippen molar-refractivity contribution in [3.05, 3.63) is 35.2 Å². The Hall–Kier alpha value is -1.39. The highest BCUT2D eigenvalue weighted by atomic mass is 32.1. The SMILES string of the molecule is CCN(CC)C(=O)COCCc1ccc2ccsc2c1. The summed E-state index contributed by atoms with van der Waals surface area (Å²) in [5.74, 6) is 0.0729. The van der Waals surface area contributed by atoms with Gasteiger partial charge in [-0.2, -0.15) is 0 Å². The summed E-state index contributed by atoms with van der Waals surface area (Å²) in [6, 6.07) is 8.60. The van der Waals surface area contributed by atoms with Crippen LogP contribution in [0.5, 0.6) is 0 Å². The minimum absolute atomic E-state index is 0.0729. The predicted molar refractivity (Wildman–Crippen MR) is 84.3 cm³/mol. The van der Waals surface area contributed by atoms with E-state index >= 15 is 0 Å². The fourth-order valence-corrected chi connectivity index (χ4v) is 3.02. The number of carbonyl (C=O) groups is 1. The molecule has 0 N–H and O–H groups in total. The second-order valence-corrected chi connectivity index (χ2v) is 5.61. The average Bonchev–Trinajstić information content (AvgIpc) is 2.92. The number of hydrogen-bond acceptors (Lipinski definition) is 3. The van der Waals surface area contributed by atoms with Crippen LogP contribution >= 0.6 is 11.3 Å². The number of thiophene rings is 1. The van der Waals surface area contributed by atoms with Crippen molar-refractivity contribution in [3.63, 3.8) is 0 Å². The number of hydrogen-bond donors (Lipinski definition) is 0. The number of fused-ring (bicyclic) bond motifs is 1. The Morgan fingerprint density at radius 1 is 1.25 bits per heavy atom. The minimum atomic E-state index is 0.0729. The summed E-state index contributed by atoms with van der Waals surface area (Å²) in [6.45, 7) is 6.23. The molecule has 0 spiro atoms. The number of rotatable bonds is 7. The van der Waals surface area contributed by atoms with Crippen LogP contribution in [-0.4, -0.2) is 37.1 Å². The quantitative estimate of drug-likeness (QED) is 0.732. The van der Waals surface area contributed by atoms with E-state index in [1.807, 2.05) is 13.8 Å². The van der Waals surface area contributed by atoms with Crippen molar-refractivity contribution in [3.8, 4) is 0 Å². The van der Waals surface area contributed by atoms with Gasteiger partial charge in [0.2, 0.25) is 5.91 Å². The molecule has 0 aliphatic heterocycles. The van der Waals surface area contributed by atoms with Gasteiger partial charge in [0.1, 0.15) is 6.61 Å². The van der Waals surface area contributed by atoms with E-state index in [9.17, 15) is 4.79 Å². The highest BCUT2D eigenvalue weighted by molar-refractivity contribution is 7.17.